The number of nitrogens with zero attached hydrogens (tertiary/aromatic N) is 1. The molecule has 0 fully saturated rings. The summed E-state index contributed by atoms with van der Waals surface area (Å²) >= 11 is 4.95. The van der Waals surface area contributed by atoms with Gasteiger partial charge in [0.05, 0.1) is 7.11 Å². The summed E-state index contributed by atoms with van der Waals surface area (Å²) in [6.07, 6.45) is 0. The predicted octanol–water partition coefficient (Wildman–Crippen LogP) is 3.58. The molecule has 2 aromatic rings. The molecule has 0 saturated heterocycles. The molecule has 0 aliphatic heterocycles. The molecule has 0 aliphatic rings. The number of rotatable bonds is 2. The van der Waals surface area contributed by atoms with E-state index in [-0.39, 0.29) is 0 Å². The largest absolute Gasteiger partial charge is 0.497 e. The summed E-state index contributed by atoms with van der Waals surface area (Å²) in [4.78, 5) is 4.33. The lowest BCUT2D eigenvalue weighted by atomic mass is 10.2. The van der Waals surface area contributed by atoms with Crippen LogP contribution in [0.25, 0.3) is 10.6 Å². The molecule has 0 atom stereocenters. The van der Waals surface area contributed by atoms with E-state index in [1.165, 1.54) is 0 Å². The van der Waals surface area contributed by atoms with Gasteiger partial charge in [-0.25, -0.2) is 4.98 Å². The second kappa shape index (κ2) is 4.11. The van der Waals surface area contributed by atoms with Crippen molar-refractivity contribution in [1.29, 1.82) is 0 Å². The third-order valence-corrected chi connectivity index (χ3v) is 3.41. The minimum absolute atomic E-state index is 0.865. The first kappa shape index (κ1) is 9.68. The highest BCUT2D eigenvalue weighted by molar-refractivity contribution is 9.10. The van der Waals surface area contributed by atoms with E-state index in [0.29, 0.717) is 0 Å². The Bertz CT molecular complexity index is 424. The standard InChI is InChI=1S/C10H8BrNOS/c1-13-8-4-2-7(3-5-8)10-12-9(11)6-14-10/h2-6H,1H3. The van der Waals surface area contributed by atoms with Crippen molar-refractivity contribution in [3.05, 3.63) is 34.2 Å². The van der Waals surface area contributed by atoms with Crippen LogP contribution in [0.15, 0.2) is 34.2 Å². The smallest absolute Gasteiger partial charge is 0.124 e. The Morgan fingerprint density at radius 3 is 2.50 bits per heavy atom. The molecule has 0 radical (unpaired) electrons. The van der Waals surface area contributed by atoms with Crippen LogP contribution in [0.5, 0.6) is 5.75 Å². The first-order chi connectivity index (χ1) is 6.79. The summed E-state index contributed by atoms with van der Waals surface area (Å²) in [5, 5.41) is 2.99. The van der Waals surface area contributed by atoms with Gasteiger partial charge < -0.3 is 4.74 Å². The highest BCUT2D eigenvalue weighted by Gasteiger charge is 2.02. The molecule has 1 aromatic heterocycles. The summed E-state index contributed by atoms with van der Waals surface area (Å²) in [5.41, 5.74) is 1.11. The molecule has 72 valence electrons. The number of halogens is 1. The van der Waals surface area contributed by atoms with Crippen LogP contribution in [0.2, 0.25) is 0 Å². The van der Waals surface area contributed by atoms with E-state index in [1.54, 1.807) is 18.4 Å². The monoisotopic (exact) mass is 269 g/mol. The lowest BCUT2D eigenvalue weighted by Crippen LogP contribution is -1.82. The van der Waals surface area contributed by atoms with Crippen molar-refractivity contribution in [2.75, 3.05) is 7.11 Å². The Hall–Kier alpha value is -0.870. The van der Waals surface area contributed by atoms with E-state index in [0.717, 1.165) is 20.9 Å². The molecule has 1 heterocycles. The summed E-state index contributed by atoms with van der Waals surface area (Å²) < 4.78 is 5.97. The van der Waals surface area contributed by atoms with Crippen LogP contribution in [-0.2, 0) is 0 Å². The van der Waals surface area contributed by atoms with E-state index in [4.69, 9.17) is 4.74 Å². The predicted molar refractivity (Wildman–Crippen MR) is 61.8 cm³/mol. The van der Waals surface area contributed by atoms with Crippen molar-refractivity contribution in [3.8, 4) is 16.3 Å². The van der Waals surface area contributed by atoms with Gasteiger partial charge in [0.2, 0.25) is 0 Å². The lowest BCUT2D eigenvalue weighted by Gasteiger charge is -1.99. The van der Waals surface area contributed by atoms with Crippen molar-refractivity contribution >= 4 is 27.3 Å². The molecule has 0 amide bonds. The molecule has 0 bridgehead atoms. The maximum absolute atomic E-state index is 5.08. The Morgan fingerprint density at radius 1 is 1.29 bits per heavy atom. The molecular weight excluding hydrogens is 262 g/mol. The molecule has 0 saturated carbocycles. The van der Waals surface area contributed by atoms with Crippen LogP contribution < -0.4 is 4.74 Å². The topological polar surface area (TPSA) is 22.1 Å². The van der Waals surface area contributed by atoms with Crippen LogP contribution in [0.1, 0.15) is 0 Å². The third-order valence-electron chi connectivity index (χ3n) is 1.81. The van der Waals surface area contributed by atoms with E-state index < -0.39 is 0 Å². The Kier molecular flexibility index (Phi) is 2.84. The van der Waals surface area contributed by atoms with Crippen LogP contribution in [-0.4, -0.2) is 12.1 Å². The number of ether oxygens (including phenoxy) is 1. The fraction of sp³-hybridized carbons (Fsp3) is 0.100. The molecule has 14 heavy (non-hydrogen) atoms. The van der Waals surface area contributed by atoms with Gasteiger partial charge in [-0.15, -0.1) is 11.3 Å². The number of methoxy groups -OCH3 is 1. The molecule has 0 unspecified atom stereocenters. The summed E-state index contributed by atoms with van der Waals surface area (Å²) in [7, 11) is 1.66. The van der Waals surface area contributed by atoms with Gasteiger partial charge in [-0.1, -0.05) is 0 Å². The Morgan fingerprint density at radius 2 is 2.00 bits per heavy atom. The van der Waals surface area contributed by atoms with E-state index in [1.807, 2.05) is 29.6 Å². The van der Waals surface area contributed by atoms with E-state index >= 15 is 0 Å². The molecule has 2 rings (SSSR count). The molecular formula is C10H8BrNOS. The van der Waals surface area contributed by atoms with Crippen LogP contribution in [0, 0.1) is 0 Å². The van der Waals surface area contributed by atoms with Crippen LogP contribution in [0.3, 0.4) is 0 Å². The number of hydrogen-bond donors (Lipinski definition) is 0. The van der Waals surface area contributed by atoms with E-state index in [2.05, 4.69) is 20.9 Å². The second-order valence-electron chi connectivity index (χ2n) is 2.70. The van der Waals surface area contributed by atoms with Crippen molar-refractivity contribution in [2.24, 2.45) is 0 Å². The second-order valence-corrected chi connectivity index (χ2v) is 4.37. The van der Waals surface area contributed by atoms with Crippen molar-refractivity contribution < 1.29 is 4.74 Å². The van der Waals surface area contributed by atoms with Crippen molar-refractivity contribution in [1.82, 2.24) is 4.98 Å². The van der Waals surface area contributed by atoms with Gasteiger partial charge in [0.1, 0.15) is 15.4 Å². The van der Waals surface area contributed by atoms with Crippen molar-refractivity contribution in [2.45, 2.75) is 0 Å². The van der Waals surface area contributed by atoms with E-state index in [9.17, 15) is 0 Å². The summed E-state index contributed by atoms with van der Waals surface area (Å²) in [5.74, 6) is 0.865. The highest BCUT2D eigenvalue weighted by atomic mass is 79.9. The highest BCUT2D eigenvalue weighted by Crippen LogP contribution is 2.27. The SMILES string of the molecule is COc1ccc(-c2nc(Br)cs2)cc1. The number of benzene rings is 1. The number of hydrogen-bond acceptors (Lipinski definition) is 3. The molecule has 0 aliphatic carbocycles. The van der Waals surface area contributed by atoms with Crippen molar-refractivity contribution in [3.63, 3.8) is 0 Å². The Labute approximate surface area is 94.7 Å². The summed E-state index contributed by atoms with van der Waals surface area (Å²) in [6, 6.07) is 7.88. The maximum atomic E-state index is 5.08. The third kappa shape index (κ3) is 1.96. The first-order valence-corrected chi connectivity index (χ1v) is 5.72. The van der Waals surface area contributed by atoms with Crippen LogP contribution in [0.4, 0.5) is 0 Å². The number of aromatic nitrogens is 1. The van der Waals surface area contributed by atoms with Gasteiger partial charge in [0.25, 0.3) is 0 Å². The van der Waals surface area contributed by atoms with Gasteiger partial charge in [-0.3, -0.25) is 0 Å². The van der Waals surface area contributed by atoms with Gasteiger partial charge in [-0.2, -0.15) is 0 Å². The molecule has 1 aromatic carbocycles. The zero-order chi connectivity index (χ0) is 9.97. The molecule has 4 heteroatoms. The number of thiazole rings is 1. The van der Waals surface area contributed by atoms with Gasteiger partial charge in [0, 0.05) is 10.9 Å². The average Bonchev–Trinajstić information content (AvgIpc) is 2.65. The minimum Gasteiger partial charge on any atom is -0.497 e. The zero-order valence-corrected chi connectivity index (χ0v) is 9.93. The fourth-order valence-electron chi connectivity index (χ4n) is 1.12. The van der Waals surface area contributed by atoms with Gasteiger partial charge in [-0.05, 0) is 40.2 Å². The summed E-state index contributed by atoms with van der Waals surface area (Å²) in [6.45, 7) is 0. The molecule has 2 nitrogen and oxygen atoms in total. The normalized spacial score (nSPS) is 10.1. The molecule has 0 spiro atoms. The Balaban J connectivity index is 2.33. The van der Waals surface area contributed by atoms with Crippen LogP contribution >= 0.6 is 27.3 Å². The maximum Gasteiger partial charge on any atom is 0.124 e. The molecule has 0 N–H and O–H groups in total. The zero-order valence-electron chi connectivity index (χ0n) is 7.53. The lowest BCUT2D eigenvalue weighted by molar-refractivity contribution is 0.415. The minimum atomic E-state index is 0.865. The first-order valence-electron chi connectivity index (χ1n) is 4.05. The van der Waals surface area contributed by atoms with Gasteiger partial charge >= 0.3 is 0 Å². The quantitative estimate of drug-likeness (QED) is 0.832. The average molecular weight is 270 g/mol. The fourth-order valence-corrected chi connectivity index (χ4v) is 2.38. The van der Waals surface area contributed by atoms with Gasteiger partial charge in [0.15, 0.2) is 0 Å².